The first-order valence-electron chi connectivity index (χ1n) is 8.08. The van der Waals surface area contributed by atoms with E-state index < -0.39 is 0 Å². The van der Waals surface area contributed by atoms with Crippen LogP contribution < -0.4 is 0 Å². The third kappa shape index (κ3) is 2.76. The second-order valence-corrected chi connectivity index (χ2v) is 8.49. The molecule has 118 valence electrons. The molecule has 0 radical (unpaired) electrons. The van der Waals surface area contributed by atoms with Crippen LogP contribution in [0.25, 0.3) is 0 Å². The summed E-state index contributed by atoms with van der Waals surface area (Å²) in [4.78, 5) is 18.3. The third-order valence-corrected chi connectivity index (χ3v) is 6.68. The molecule has 3 fully saturated rings. The molecule has 4 rings (SSSR count). The van der Waals surface area contributed by atoms with Crippen LogP contribution in [-0.4, -0.2) is 45.5 Å². The van der Waals surface area contributed by atoms with Gasteiger partial charge in [0.2, 0.25) is 5.91 Å². The highest BCUT2D eigenvalue weighted by Crippen LogP contribution is 2.48. The minimum atomic E-state index is 0.275. The van der Waals surface area contributed by atoms with Crippen LogP contribution >= 0.6 is 11.8 Å². The van der Waals surface area contributed by atoms with Crippen molar-refractivity contribution in [3.05, 3.63) is 30.1 Å². The molecule has 4 nitrogen and oxygen atoms in total. The SMILES string of the molecule is C[C@@H]1C[C@H]1C(=O)N1CC2(C[C@@H](OCc3ccncc3)CS2)C1. The normalized spacial score (nSPS) is 32.0. The summed E-state index contributed by atoms with van der Waals surface area (Å²) in [5.74, 6) is 2.37. The number of nitrogens with zero attached hydrogens (tertiary/aromatic N) is 2. The van der Waals surface area contributed by atoms with Crippen LogP contribution in [-0.2, 0) is 16.1 Å². The Labute approximate surface area is 135 Å². The number of hydrogen-bond acceptors (Lipinski definition) is 4. The van der Waals surface area contributed by atoms with Crippen molar-refractivity contribution in [2.75, 3.05) is 18.8 Å². The summed E-state index contributed by atoms with van der Waals surface area (Å²) in [6, 6.07) is 4.00. The van der Waals surface area contributed by atoms with Gasteiger partial charge >= 0.3 is 0 Å². The lowest BCUT2D eigenvalue weighted by molar-refractivity contribution is -0.138. The summed E-state index contributed by atoms with van der Waals surface area (Å²) in [7, 11) is 0. The van der Waals surface area contributed by atoms with E-state index in [1.165, 1.54) is 5.56 Å². The quantitative estimate of drug-likeness (QED) is 0.854. The maximum absolute atomic E-state index is 12.2. The Morgan fingerprint density at radius 2 is 2.18 bits per heavy atom. The van der Waals surface area contributed by atoms with Crippen LogP contribution in [0.15, 0.2) is 24.5 Å². The smallest absolute Gasteiger partial charge is 0.226 e. The molecule has 3 aliphatic rings. The van der Waals surface area contributed by atoms with Gasteiger partial charge in [-0.3, -0.25) is 9.78 Å². The van der Waals surface area contributed by atoms with Gasteiger partial charge in [-0.05, 0) is 36.5 Å². The van der Waals surface area contributed by atoms with E-state index in [9.17, 15) is 4.79 Å². The zero-order valence-electron chi connectivity index (χ0n) is 12.9. The molecule has 1 aromatic rings. The number of ether oxygens (including phenoxy) is 1. The van der Waals surface area contributed by atoms with Gasteiger partial charge in [-0.1, -0.05) is 6.92 Å². The first-order chi connectivity index (χ1) is 10.7. The number of rotatable bonds is 4. The summed E-state index contributed by atoms with van der Waals surface area (Å²) >= 11 is 2.00. The van der Waals surface area contributed by atoms with Gasteiger partial charge in [-0.25, -0.2) is 0 Å². The number of carbonyl (C=O) groups is 1. The van der Waals surface area contributed by atoms with Gasteiger partial charge in [0, 0.05) is 37.2 Å². The fraction of sp³-hybridized carbons (Fsp3) is 0.647. The topological polar surface area (TPSA) is 42.4 Å². The average molecular weight is 318 g/mol. The maximum atomic E-state index is 12.2. The average Bonchev–Trinajstić information content (AvgIpc) is 3.08. The van der Waals surface area contributed by atoms with E-state index in [0.29, 0.717) is 30.5 Å². The number of hydrogen-bond donors (Lipinski definition) is 0. The third-order valence-electron chi connectivity index (χ3n) is 5.11. The molecular weight excluding hydrogens is 296 g/mol. The Kier molecular flexibility index (Phi) is 3.65. The minimum Gasteiger partial charge on any atom is -0.373 e. The Hall–Kier alpha value is -1.07. The number of thioether (sulfide) groups is 1. The summed E-state index contributed by atoms with van der Waals surface area (Å²) in [5, 5.41) is 0. The Morgan fingerprint density at radius 3 is 2.86 bits per heavy atom. The number of carbonyl (C=O) groups excluding carboxylic acids is 1. The maximum Gasteiger partial charge on any atom is 0.226 e. The van der Waals surface area contributed by atoms with Crippen molar-refractivity contribution >= 4 is 17.7 Å². The van der Waals surface area contributed by atoms with Gasteiger partial charge in [0.25, 0.3) is 0 Å². The van der Waals surface area contributed by atoms with Crippen molar-refractivity contribution in [1.82, 2.24) is 9.88 Å². The monoisotopic (exact) mass is 318 g/mol. The molecule has 1 aromatic heterocycles. The van der Waals surface area contributed by atoms with Crippen molar-refractivity contribution in [3.8, 4) is 0 Å². The second kappa shape index (κ2) is 5.53. The molecule has 5 heteroatoms. The van der Waals surface area contributed by atoms with Crippen LogP contribution in [0.3, 0.4) is 0 Å². The lowest BCUT2D eigenvalue weighted by Crippen LogP contribution is -2.61. The zero-order chi connectivity index (χ0) is 15.2. The van der Waals surface area contributed by atoms with E-state index in [4.69, 9.17) is 4.74 Å². The Morgan fingerprint density at radius 1 is 1.45 bits per heavy atom. The number of pyridine rings is 1. The molecule has 3 heterocycles. The van der Waals surface area contributed by atoms with E-state index in [0.717, 1.165) is 31.7 Å². The van der Waals surface area contributed by atoms with Crippen LogP contribution in [0.4, 0.5) is 0 Å². The van der Waals surface area contributed by atoms with E-state index >= 15 is 0 Å². The fourth-order valence-electron chi connectivity index (χ4n) is 3.53. The molecule has 2 saturated heterocycles. The minimum absolute atomic E-state index is 0.275. The summed E-state index contributed by atoms with van der Waals surface area (Å²) in [5.41, 5.74) is 1.18. The molecular formula is C17H22N2O2S. The van der Waals surface area contributed by atoms with Crippen LogP contribution in [0.2, 0.25) is 0 Å². The Balaban J connectivity index is 1.24. The predicted molar refractivity (Wildman–Crippen MR) is 86.5 cm³/mol. The first kappa shape index (κ1) is 14.5. The van der Waals surface area contributed by atoms with Crippen LogP contribution in [0.5, 0.6) is 0 Å². The molecule has 2 aliphatic heterocycles. The molecule has 3 atom stereocenters. The molecule has 0 aromatic carbocycles. The van der Waals surface area contributed by atoms with Crippen LogP contribution in [0.1, 0.15) is 25.3 Å². The molecule has 1 amide bonds. The van der Waals surface area contributed by atoms with E-state index in [1.54, 1.807) is 12.4 Å². The number of likely N-dealkylation sites (tertiary alicyclic amines) is 1. The highest BCUT2D eigenvalue weighted by Gasteiger charge is 2.53. The predicted octanol–water partition coefficient (Wildman–Crippen LogP) is 2.34. The van der Waals surface area contributed by atoms with Gasteiger partial charge < -0.3 is 9.64 Å². The van der Waals surface area contributed by atoms with Gasteiger partial charge in [-0.15, -0.1) is 11.8 Å². The zero-order valence-corrected chi connectivity index (χ0v) is 13.7. The van der Waals surface area contributed by atoms with Crippen molar-refractivity contribution in [1.29, 1.82) is 0 Å². The largest absolute Gasteiger partial charge is 0.373 e. The van der Waals surface area contributed by atoms with Crippen molar-refractivity contribution in [2.45, 2.75) is 37.2 Å². The summed E-state index contributed by atoms with van der Waals surface area (Å²) in [6.45, 7) is 4.68. The summed E-state index contributed by atoms with van der Waals surface area (Å²) in [6.07, 6.45) is 6.09. The van der Waals surface area contributed by atoms with E-state index in [1.807, 2.05) is 23.9 Å². The lowest BCUT2D eigenvalue weighted by atomic mass is 9.92. The number of aromatic nitrogens is 1. The van der Waals surface area contributed by atoms with E-state index in [-0.39, 0.29) is 4.75 Å². The van der Waals surface area contributed by atoms with Gasteiger partial charge in [0.05, 0.1) is 17.5 Å². The van der Waals surface area contributed by atoms with E-state index in [2.05, 4.69) is 16.8 Å². The standard InChI is InChI=1S/C17H22N2O2S/c1-12-6-15(12)16(20)19-10-17(11-19)7-14(9-22-17)21-8-13-2-4-18-5-3-13/h2-5,12,14-15H,6-11H2,1H3/t12-,14-,15-/m1/s1. The Bertz CT molecular complexity index is 559. The molecule has 1 saturated carbocycles. The number of amides is 1. The molecule has 22 heavy (non-hydrogen) atoms. The van der Waals surface area contributed by atoms with Crippen molar-refractivity contribution in [3.63, 3.8) is 0 Å². The van der Waals surface area contributed by atoms with Crippen LogP contribution in [0, 0.1) is 11.8 Å². The van der Waals surface area contributed by atoms with Crippen molar-refractivity contribution in [2.24, 2.45) is 11.8 Å². The molecule has 0 N–H and O–H groups in total. The first-order valence-corrected chi connectivity index (χ1v) is 9.07. The molecule has 0 unspecified atom stereocenters. The second-order valence-electron chi connectivity index (χ2n) is 7.00. The lowest BCUT2D eigenvalue weighted by Gasteiger charge is -2.47. The highest BCUT2D eigenvalue weighted by molar-refractivity contribution is 8.01. The summed E-state index contributed by atoms with van der Waals surface area (Å²) < 4.78 is 6.32. The molecule has 0 bridgehead atoms. The van der Waals surface area contributed by atoms with Gasteiger partial charge in [0.1, 0.15) is 0 Å². The van der Waals surface area contributed by atoms with Gasteiger partial charge in [-0.2, -0.15) is 0 Å². The highest BCUT2D eigenvalue weighted by atomic mass is 32.2. The van der Waals surface area contributed by atoms with Crippen molar-refractivity contribution < 1.29 is 9.53 Å². The molecule has 1 spiro atoms. The fourth-order valence-corrected chi connectivity index (χ4v) is 5.08. The molecule has 1 aliphatic carbocycles. The van der Waals surface area contributed by atoms with Gasteiger partial charge in [0.15, 0.2) is 0 Å².